The van der Waals surface area contributed by atoms with Crippen molar-refractivity contribution in [3.63, 3.8) is 0 Å². The minimum atomic E-state index is -1.87. The molecule has 9 amide bonds. The summed E-state index contributed by atoms with van der Waals surface area (Å²) in [5.74, 6) is -23.8. The van der Waals surface area contributed by atoms with Crippen molar-refractivity contribution in [2.45, 2.75) is 184 Å². The number of nitrogens with two attached hydrogens (primary N) is 5. The van der Waals surface area contributed by atoms with Gasteiger partial charge in [-0.05, 0) is 88.3 Å². The third-order valence-electron chi connectivity index (χ3n) is 20.0. The third kappa shape index (κ3) is 27.8. The molecule has 4 aromatic rings. The number of carbonyl (C=O) groups is 16. The summed E-state index contributed by atoms with van der Waals surface area (Å²) in [6, 6.07) is 5.33. The van der Waals surface area contributed by atoms with Gasteiger partial charge in [-0.1, -0.05) is 75.3 Å². The van der Waals surface area contributed by atoms with E-state index in [9.17, 15) is 68.1 Å². The largest absolute Gasteiger partial charge is 0.481 e. The maximum absolute atomic E-state index is 15.5. The van der Waals surface area contributed by atoms with E-state index in [1.165, 1.54) is 10.9 Å². The van der Waals surface area contributed by atoms with Gasteiger partial charge in [-0.15, -0.1) is 5.10 Å². The zero-order valence-corrected chi connectivity index (χ0v) is 63.9. The molecule has 7 rings (SSSR count). The number of hydrogen-bond donors (Lipinski definition) is 15. The Morgan fingerprint density at radius 1 is 0.696 bits per heavy atom. The lowest BCUT2D eigenvalue weighted by atomic mass is 9.88. The number of urea groups is 1. The van der Waals surface area contributed by atoms with Crippen LogP contribution in [0.15, 0.2) is 72.0 Å². The van der Waals surface area contributed by atoms with E-state index in [-0.39, 0.29) is 120 Å². The lowest BCUT2D eigenvalue weighted by molar-refractivity contribution is -0.148. The predicted molar refractivity (Wildman–Crippen MR) is 409 cm³/mol. The topological polar surface area (TPSA) is 598 Å². The Hall–Kier alpha value is -10.5. The Balaban J connectivity index is 1.40. The van der Waals surface area contributed by atoms with Gasteiger partial charge in [0.15, 0.2) is 40.7 Å². The number of fused-ring (bicyclic) bond motifs is 12. The molecule has 13 atom stereocenters. The van der Waals surface area contributed by atoms with Crippen molar-refractivity contribution < 1.29 is 92.0 Å². The number of aliphatic imine (C=N–C) groups is 1. The van der Waals surface area contributed by atoms with Crippen molar-refractivity contribution >= 4 is 132 Å². The highest BCUT2D eigenvalue weighted by atomic mass is 33.1. The van der Waals surface area contributed by atoms with Crippen LogP contribution in [0.25, 0.3) is 10.9 Å². The number of aromatic nitrogens is 4. The van der Waals surface area contributed by atoms with Gasteiger partial charge in [-0.3, -0.25) is 81.6 Å². The Labute approximate surface area is 653 Å². The number of rotatable bonds is 24. The summed E-state index contributed by atoms with van der Waals surface area (Å²) >= 11 is 0. The summed E-state index contributed by atoms with van der Waals surface area (Å²) < 4.78 is 1.30. The summed E-state index contributed by atoms with van der Waals surface area (Å²) in [7, 11) is 1.84. The standard InChI is InChI=1S/C74H101N17O19S2/c1-40(92)66-62(98)32-46(34-65(101)102)71(107)91-24-10-18-56(91)61(97)30-43(13-7-21-80-73(77)78)68(104)86-55-39-112-111-38-54(83-64(100)35-75)60(96)31-45(70(106)87-66)26-49-37-90(89-88-49)23-9-17-52(57(93)33-47(72(108)109)25-41-11-3-2-4-12-41)84-69(105)44(19-20-63(76)99)29-58(94)53(27-48-36-82-51-16-6-5-15-50(48)51)85-67(103)42(28-59(55)95)14-8-22-81-74(79)110/h2-6,11-12,15-16,36-37,40,42-47,52-56,66,82,92H,7-10,13-14,17-35,38-39,75H2,1H3,(H2,76,99)(H,83,100)(H,84,105)(H,85,103)(H,86,104)(H,87,106)(H,101,102)(H,108,109)(H4,77,78,80)(H3,79,81,110)/t40-,42-,43-,44-,45-,46+,47-,52+,53+,54+,55+,56+,66+/m1/s1. The van der Waals surface area contributed by atoms with Crippen LogP contribution in [0.5, 0.6) is 0 Å². The number of carboxylic acid groups (broad SMARTS) is 2. The number of aliphatic carboxylic acids is 2. The molecule has 2 fully saturated rings. The molecular formula is C74H101N17O19S2. The van der Waals surface area contributed by atoms with E-state index in [2.05, 4.69) is 52.2 Å². The molecule has 36 nitrogen and oxygen atoms in total. The van der Waals surface area contributed by atoms with Crippen LogP contribution < -0.4 is 60.6 Å². The van der Waals surface area contributed by atoms with Crippen LogP contribution in [0.1, 0.15) is 133 Å². The van der Waals surface area contributed by atoms with Crippen LogP contribution in [0.4, 0.5) is 4.79 Å². The van der Waals surface area contributed by atoms with Crippen LogP contribution in [0, 0.1) is 35.5 Å². The number of aryl methyl sites for hydroxylation is 1. The number of aliphatic hydroxyl groups is 1. The van der Waals surface area contributed by atoms with Crippen molar-refractivity contribution in [3.8, 4) is 0 Å². The predicted octanol–water partition coefficient (Wildman–Crippen LogP) is -0.490. The van der Waals surface area contributed by atoms with Gasteiger partial charge in [0, 0.05) is 137 Å². The molecule has 0 spiro atoms. The second kappa shape index (κ2) is 43.9. The number of nitrogens with one attached hydrogen (secondary N) is 7. The normalized spacial score (nSPS) is 24.3. The molecule has 5 heterocycles. The van der Waals surface area contributed by atoms with Crippen LogP contribution in [-0.2, 0) is 97.7 Å². The maximum Gasteiger partial charge on any atom is 0.312 e. The fourth-order valence-electron chi connectivity index (χ4n) is 14.0. The SMILES string of the molecule is C[C@@H](O)[C@@H]1NC(=O)[C@H]2CC(=O)[C@@H](NC(=O)CN)CSSC[C@H](NC(=O)[C@H](CCCN=C(N)N)CC(=O)[C@@H]3CCCN3C(=O)[C@H](CC(=O)O)CC1=O)C(=O)C[C@@H](CCCNC(N)=O)C(=O)N[C@@H](Cc1c[nH]c3ccccc13)C(=O)C[C@@H](CCC(N)=O)C(=O)N[C@H](C(=O)C[C@@H](Cc1ccccc1)C(=O)O)CCCn1cc(nn1)C2. The number of H-pyrrole nitrogens is 1. The highest BCUT2D eigenvalue weighted by Crippen LogP contribution is 2.31. The number of carbonyl (C=O) groups excluding carboxylic acids is 14. The Kier molecular flexibility index (Phi) is 34.8. The first kappa shape index (κ1) is 88.7. The number of aromatic amines is 1. The lowest BCUT2D eigenvalue weighted by Gasteiger charge is -2.30. The fraction of sp³-hybridized carbons (Fsp3) is 0.554. The first-order valence-corrected chi connectivity index (χ1v) is 39.8. The first-order chi connectivity index (χ1) is 53.4. The van der Waals surface area contributed by atoms with Crippen LogP contribution in [0.3, 0.4) is 0 Å². The third-order valence-corrected chi connectivity index (χ3v) is 22.4. The second-order valence-corrected chi connectivity index (χ2v) is 31.1. The molecule has 2 aromatic carbocycles. The highest BCUT2D eigenvalue weighted by molar-refractivity contribution is 8.76. The average Bonchev–Trinajstić information content (AvgIpc) is 1.60. The monoisotopic (exact) mass is 1600 g/mol. The van der Waals surface area contributed by atoms with E-state index in [0.29, 0.717) is 22.0 Å². The Morgan fingerprint density at radius 2 is 1.35 bits per heavy atom. The van der Waals surface area contributed by atoms with E-state index in [4.69, 9.17) is 28.7 Å². The van der Waals surface area contributed by atoms with Gasteiger partial charge in [0.05, 0.1) is 72.7 Å². The van der Waals surface area contributed by atoms with Crippen molar-refractivity contribution in [2.24, 2.45) is 69.2 Å². The average molecular weight is 1600 g/mol. The molecule has 0 unspecified atom stereocenters. The quantitative estimate of drug-likeness (QED) is 0.0182. The number of ketones is 6. The van der Waals surface area contributed by atoms with Crippen LogP contribution in [-0.4, -0.2) is 220 Å². The number of amides is 9. The van der Waals surface area contributed by atoms with E-state index in [1.807, 2.05) is 0 Å². The highest BCUT2D eigenvalue weighted by Gasteiger charge is 2.43. The molecule has 0 aliphatic carbocycles. The molecule has 112 heavy (non-hydrogen) atoms. The van der Waals surface area contributed by atoms with Crippen molar-refractivity contribution in [3.05, 3.63) is 83.8 Å². The van der Waals surface area contributed by atoms with E-state index >= 15 is 24.0 Å². The Morgan fingerprint density at radius 3 is 2.04 bits per heavy atom. The van der Waals surface area contributed by atoms with Gasteiger partial charge < -0.3 is 85.8 Å². The van der Waals surface area contributed by atoms with Crippen molar-refractivity contribution in [1.29, 1.82) is 0 Å². The zero-order valence-electron chi connectivity index (χ0n) is 62.3. The van der Waals surface area contributed by atoms with Gasteiger partial charge in [0.25, 0.3) is 0 Å². The summed E-state index contributed by atoms with van der Waals surface area (Å²) in [6.07, 6.45) is -5.87. The molecule has 0 radical (unpaired) electrons. The number of carboxylic acids is 2. The molecule has 608 valence electrons. The number of guanidine groups is 1. The number of aliphatic hydroxyl groups excluding tert-OH is 1. The molecule has 3 aliphatic rings. The molecule has 3 aliphatic heterocycles. The molecule has 2 aromatic heterocycles. The number of nitrogens with zero attached hydrogens (tertiary/aromatic N) is 5. The molecule has 2 saturated heterocycles. The van der Waals surface area contributed by atoms with Gasteiger partial charge in [0.2, 0.25) is 41.4 Å². The number of benzene rings is 2. The second-order valence-electron chi connectivity index (χ2n) is 28.6. The smallest absolute Gasteiger partial charge is 0.312 e. The van der Waals surface area contributed by atoms with Crippen molar-refractivity contribution in [2.75, 3.05) is 37.7 Å². The lowest BCUT2D eigenvalue weighted by Crippen LogP contribution is -2.52. The molecule has 0 saturated carbocycles. The van der Waals surface area contributed by atoms with E-state index in [1.54, 1.807) is 60.8 Å². The molecule has 4 bridgehead atoms. The van der Waals surface area contributed by atoms with Gasteiger partial charge >= 0.3 is 18.0 Å². The summed E-state index contributed by atoms with van der Waals surface area (Å²) in [4.78, 5) is 237. The first-order valence-electron chi connectivity index (χ1n) is 37.3. The zero-order chi connectivity index (χ0) is 81.7. The fourth-order valence-corrected chi connectivity index (χ4v) is 16.4. The minimum Gasteiger partial charge on any atom is -0.481 e. The molecular weight excluding hydrogens is 1500 g/mol. The molecule has 20 N–H and O–H groups in total. The van der Waals surface area contributed by atoms with Crippen LogP contribution in [0.2, 0.25) is 0 Å². The van der Waals surface area contributed by atoms with Crippen molar-refractivity contribution in [1.82, 2.24) is 56.8 Å². The number of primary amides is 2. The number of para-hydroxylation sites is 1. The summed E-state index contributed by atoms with van der Waals surface area (Å²) in [5, 5.41) is 56.9. The van der Waals surface area contributed by atoms with Gasteiger partial charge in [-0.2, -0.15) is 0 Å². The maximum atomic E-state index is 15.5. The minimum absolute atomic E-state index is 0.0178. The van der Waals surface area contributed by atoms with E-state index in [0.717, 1.165) is 33.4 Å². The van der Waals surface area contributed by atoms with Gasteiger partial charge in [-0.25, -0.2) is 4.79 Å². The van der Waals surface area contributed by atoms with Crippen LogP contribution >= 0.6 is 21.6 Å². The summed E-state index contributed by atoms with van der Waals surface area (Å²) in [5.41, 5.74) is 29.9. The Bertz CT molecular complexity index is 4080. The van der Waals surface area contributed by atoms with Gasteiger partial charge in [0.1, 0.15) is 6.04 Å². The molecule has 38 heteroatoms. The number of hydrogen-bond acceptors (Lipinski definition) is 23. The van der Waals surface area contributed by atoms with E-state index < -0.39 is 236 Å². The summed E-state index contributed by atoms with van der Waals surface area (Å²) in [6.45, 7) is 0.150. The number of Topliss-reactive ketones (excluding diaryl/α,β-unsaturated/α-hetero) is 6.